The minimum absolute atomic E-state index is 0.0939. The number of rotatable bonds is 46. The van der Waals surface area contributed by atoms with Crippen LogP contribution in [0.2, 0.25) is 0 Å². The van der Waals surface area contributed by atoms with Crippen LogP contribution in [0.25, 0.3) is 0 Å². The molecule has 63 heavy (non-hydrogen) atoms. The number of hydrogen-bond acceptors (Lipinski definition) is 6. The maximum atomic E-state index is 12.7. The number of ether oxygens (including phenoxy) is 3. The molecule has 0 aromatic carbocycles. The minimum Gasteiger partial charge on any atom is -0.462 e. The first-order chi connectivity index (χ1) is 31.0. The zero-order valence-electron chi connectivity index (χ0n) is 41.1. The van der Waals surface area contributed by atoms with Gasteiger partial charge >= 0.3 is 17.9 Å². The van der Waals surface area contributed by atoms with E-state index in [2.05, 4.69) is 93.7 Å². The molecule has 0 fully saturated rings. The molecule has 0 saturated heterocycles. The van der Waals surface area contributed by atoms with Gasteiger partial charge in [-0.1, -0.05) is 209 Å². The molecule has 0 aliphatic heterocycles. The van der Waals surface area contributed by atoms with Crippen LogP contribution in [0.5, 0.6) is 0 Å². The Morgan fingerprint density at radius 3 is 1.05 bits per heavy atom. The Hall–Kier alpha value is -3.41. The highest BCUT2D eigenvalue weighted by Crippen LogP contribution is 2.13. The molecule has 0 heterocycles. The van der Waals surface area contributed by atoms with E-state index in [0.29, 0.717) is 12.8 Å². The topological polar surface area (TPSA) is 78.9 Å². The fourth-order valence-corrected chi connectivity index (χ4v) is 6.98. The Bertz CT molecular complexity index is 1240. The van der Waals surface area contributed by atoms with Crippen LogP contribution in [0.3, 0.4) is 0 Å². The quantitative estimate of drug-likeness (QED) is 0.0262. The highest BCUT2D eigenvalue weighted by atomic mass is 16.6. The molecule has 0 spiro atoms. The van der Waals surface area contributed by atoms with Gasteiger partial charge in [0.1, 0.15) is 13.2 Å². The highest BCUT2D eigenvalue weighted by Gasteiger charge is 2.19. The van der Waals surface area contributed by atoms with Gasteiger partial charge in [0.2, 0.25) is 0 Å². The molecule has 6 nitrogen and oxygen atoms in total. The van der Waals surface area contributed by atoms with Crippen molar-refractivity contribution in [2.75, 3.05) is 13.2 Å². The third-order valence-corrected chi connectivity index (χ3v) is 10.9. The number of unbranched alkanes of at least 4 members (excludes halogenated alkanes) is 22. The monoisotopic (exact) mass is 877 g/mol. The van der Waals surface area contributed by atoms with Crippen molar-refractivity contribution < 1.29 is 28.6 Å². The van der Waals surface area contributed by atoms with Gasteiger partial charge in [-0.2, -0.15) is 0 Å². The van der Waals surface area contributed by atoms with E-state index in [-0.39, 0.29) is 31.6 Å². The van der Waals surface area contributed by atoms with Crippen LogP contribution in [0.15, 0.2) is 85.1 Å². The second kappa shape index (κ2) is 51.2. The van der Waals surface area contributed by atoms with Crippen LogP contribution in [0.4, 0.5) is 0 Å². The van der Waals surface area contributed by atoms with E-state index in [0.717, 1.165) is 83.5 Å². The predicted octanol–water partition coefficient (Wildman–Crippen LogP) is 17.2. The van der Waals surface area contributed by atoms with E-state index in [1.54, 1.807) is 6.08 Å². The largest absolute Gasteiger partial charge is 0.462 e. The number of hydrogen-bond donors (Lipinski definition) is 0. The summed E-state index contributed by atoms with van der Waals surface area (Å²) in [7, 11) is 0. The molecular formula is C57H96O6. The van der Waals surface area contributed by atoms with Gasteiger partial charge in [-0.15, -0.1) is 0 Å². The van der Waals surface area contributed by atoms with Crippen LogP contribution in [0.1, 0.15) is 239 Å². The lowest BCUT2D eigenvalue weighted by molar-refractivity contribution is -0.166. The summed E-state index contributed by atoms with van der Waals surface area (Å²) in [6, 6.07) is 0. The lowest BCUT2D eigenvalue weighted by Gasteiger charge is -2.18. The van der Waals surface area contributed by atoms with Gasteiger partial charge in [0.15, 0.2) is 6.10 Å². The molecule has 1 atom stereocenters. The Balaban J connectivity index is 4.51. The average Bonchev–Trinajstić information content (AvgIpc) is 3.28. The van der Waals surface area contributed by atoms with Gasteiger partial charge in [-0.3, -0.25) is 14.4 Å². The van der Waals surface area contributed by atoms with E-state index in [1.165, 1.54) is 116 Å². The molecule has 0 aromatic rings. The van der Waals surface area contributed by atoms with E-state index in [4.69, 9.17) is 14.2 Å². The second-order valence-electron chi connectivity index (χ2n) is 17.1. The standard InChI is InChI=1S/C57H96O6/c1-4-7-10-13-16-19-22-25-27-28-30-32-35-38-41-44-47-50-56(59)62-53-54(52-61-55(58)49-46-43-40-37-34-31-24-21-18-15-12-9-6-3)63-57(60)51-48-45-42-39-36-33-29-26-23-20-17-14-11-8-5-2/h8,11,17,20-21,24-27,29,36,39,45,48,54H,4-7,9-10,12-16,18-19,22-23,28,30-35,37-38,40-44,46-47,49-53H2,1-3H3/b11-8-,20-17-,24-21-,27-25-,29-26-,39-36-,48-45-. The molecular weight excluding hydrogens is 781 g/mol. The third-order valence-electron chi connectivity index (χ3n) is 10.9. The van der Waals surface area contributed by atoms with E-state index in [9.17, 15) is 14.4 Å². The van der Waals surface area contributed by atoms with Crippen molar-refractivity contribution in [3.8, 4) is 0 Å². The van der Waals surface area contributed by atoms with Gasteiger partial charge in [0, 0.05) is 12.8 Å². The fourth-order valence-electron chi connectivity index (χ4n) is 6.98. The maximum absolute atomic E-state index is 12.7. The molecule has 0 amide bonds. The van der Waals surface area contributed by atoms with Crippen molar-refractivity contribution in [1.82, 2.24) is 0 Å². The second-order valence-corrected chi connectivity index (χ2v) is 17.1. The highest BCUT2D eigenvalue weighted by molar-refractivity contribution is 5.72. The molecule has 1 unspecified atom stereocenters. The summed E-state index contributed by atoms with van der Waals surface area (Å²) >= 11 is 0. The third kappa shape index (κ3) is 49.5. The van der Waals surface area contributed by atoms with Crippen molar-refractivity contribution in [1.29, 1.82) is 0 Å². The zero-order chi connectivity index (χ0) is 45.8. The van der Waals surface area contributed by atoms with Gasteiger partial charge in [0.25, 0.3) is 0 Å². The predicted molar refractivity (Wildman–Crippen MR) is 270 cm³/mol. The summed E-state index contributed by atoms with van der Waals surface area (Å²) in [6.45, 7) is 6.41. The molecule has 6 heteroatoms. The molecule has 0 aliphatic carbocycles. The van der Waals surface area contributed by atoms with Crippen molar-refractivity contribution in [3.63, 3.8) is 0 Å². The Morgan fingerprint density at radius 1 is 0.349 bits per heavy atom. The zero-order valence-corrected chi connectivity index (χ0v) is 41.1. The first-order valence-corrected chi connectivity index (χ1v) is 26.1. The van der Waals surface area contributed by atoms with Gasteiger partial charge in [-0.25, -0.2) is 0 Å². The van der Waals surface area contributed by atoms with Gasteiger partial charge < -0.3 is 14.2 Å². The molecule has 360 valence electrons. The van der Waals surface area contributed by atoms with Crippen molar-refractivity contribution in [2.45, 2.75) is 245 Å². The normalized spacial score (nSPS) is 12.7. The molecule has 0 N–H and O–H groups in total. The Morgan fingerprint density at radius 2 is 0.667 bits per heavy atom. The summed E-state index contributed by atoms with van der Waals surface area (Å²) in [6.07, 6.45) is 65.9. The van der Waals surface area contributed by atoms with Crippen molar-refractivity contribution in [3.05, 3.63) is 85.1 Å². The lowest BCUT2D eigenvalue weighted by atomic mass is 10.1. The summed E-state index contributed by atoms with van der Waals surface area (Å²) in [5, 5.41) is 0. The average molecular weight is 877 g/mol. The number of carbonyl (C=O) groups is 3. The van der Waals surface area contributed by atoms with Crippen LogP contribution in [-0.4, -0.2) is 37.2 Å². The van der Waals surface area contributed by atoms with Crippen LogP contribution in [-0.2, 0) is 28.6 Å². The SMILES string of the molecule is CC/C=C\C/C=C\C/C=C\C/C=C\C/C=C\CC(=O)OC(COC(=O)CCCCCCC/C=C\CCCCCC)COC(=O)CCCCCCCCC/C=C\CCCCCCCC. The Labute approximate surface area is 388 Å². The number of carbonyl (C=O) groups excluding carboxylic acids is 3. The molecule has 0 rings (SSSR count). The van der Waals surface area contributed by atoms with Crippen LogP contribution < -0.4 is 0 Å². The summed E-state index contributed by atoms with van der Waals surface area (Å²) in [4.78, 5) is 37.9. The summed E-state index contributed by atoms with van der Waals surface area (Å²) in [5.74, 6) is -1.06. The smallest absolute Gasteiger partial charge is 0.310 e. The Kier molecular flexibility index (Phi) is 48.5. The molecule has 0 aliphatic rings. The molecule has 0 bridgehead atoms. The van der Waals surface area contributed by atoms with Gasteiger partial charge in [-0.05, 0) is 96.3 Å². The maximum Gasteiger partial charge on any atom is 0.310 e. The molecule has 0 aromatic heterocycles. The molecule has 0 radical (unpaired) electrons. The van der Waals surface area contributed by atoms with Gasteiger partial charge in [0.05, 0.1) is 6.42 Å². The fraction of sp³-hybridized carbons (Fsp3) is 0.702. The van der Waals surface area contributed by atoms with E-state index >= 15 is 0 Å². The number of esters is 3. The van der Waals surface area contributed by atoms with Crippen LogP contribution >= 0.6 is 0 Å². The van der Waals surface area contributed by atoms with E-state index in [1.807, 2.05) is 6.08 Å². The lowest BCUT2D eigenvalue weighted by Crippen LogP contribution is -2.30. The van der Waals surface area contributed by atoms with Crippen molar-refractivity contribution >= 4 is 17.9 Å². The minimum atomic E-state index is -0.835. The first-order valence-electron chi connectivity index (χ1n) is 26.1. The first kappa shape index (κ1) is 59.6. The van der Waals surface area contributed by atoms with E-state index < -0.39 is 12.1 Å². The summed E-state index contributed by atoms with van der Waals surface area (Å²) < 4.78 is 16.7. The molecule has 0 saturated carbocycles. The summed E-state index contributed by atoms with van der Waals surface area (Å²) in [5.41, 5.74) is 0. The van der Waals surface area contributed by atoms with Crippen molar-refractivity contribution in [2.24, 2.45) is 0 Å². The van der Waals surface area contributed by atoms with Crippen LogP contribution in [0, 0.1) is 0 Å². The number of allylic oxidation sites excluding steroid dienone is 13.